The summed E-state index contributed by atoms with van der Waals surface area (Å²) in [6.07, 6.45) is 3.99. The van der Waals surface area contributed by atoms with Crippen molar-refractivity contribution in [3.8, 4) is 0 Å². The molecule has 1 aromatic carbocycles. The van der Waals surface area contributed by atoms with Crippen molar-refractivity contribution in [2.75, 3.05) is 16.8 Å². The van der Waals surface area contributed by atoms with Gasteiger partial charge in [-0.1, -0.05) is 18.2 Å². The molecule has 1 amide bonds. The number of carbonyl (C=O) groups excluding carboxylic acids is 1. The Morgan fingerprint density at radius 1 is 1.04 bits per heavy atom. The standard InChI is InChI=1S/C17H15N5O/c23-17-14(8-11-22(17)12-4-2-1-3-5-12)20-15-7-6-13-16(21-15)19-10-9-18-13/h1-7,9-10,14H,8,11H2,(H,19,20,21)/t14-/m1/s1. The van der Waals surface area contributed by atoms with Crippen LogP contribution in [0.4, 0.5) is 11.5 Å². The maximum atomic E-state index is 12.6. The smallest absolute Gasteiger partial charge is 0.249 e. The number of benzene rings is 1. The van der Waals surface area contributed by atoms with E-state index in [1.54, 1.807) is 17.3 Å². The summed E-state index contributed by atoms with van der Waals surface area (Å²) in [6.45, 7) is 0.702. The van der Waals surface area contributed by atoms with Crippen molar-refractivity contribution in [1.29, 1.82) is 0 Å². The lowest BCUT2D eigenvalue weighted by Crippen LogP contribution is -2.33. The van der Waals surface area contributed by atoms with Crippen molar-refractivity contribution in [3.63, 3.8) is 0 Å². The van der Waals surface area contributed by atoms with E-state index in [0.717, 1.165) is 17.6 Å². The van der Waals surface area contributed by atoms with E-state index in [0.29, 0.717) is 18.0 Å². The molecule has 0 unspecified atom stereocenters. The molecule has 0 bridgehead atoms. The molecule has 114 valence electrons. The molecule has 4 rings (SSSR count). The molecule has 1 atom stereocenters. The van der Waals surface area contributed by atoms with E-state index < -0.39 is 0 Å². The highest BCUT2D eigenvalue weighted by Gasteiger charge is 2.32. The Morgan fingerprint density at radius 2 is 1.87 bits per heavy atom. The Hall–Kier alpha value is -3.02. The maximum Gasteiger partial charge on any atom is 0.249 e. The number of pyridine rings is 1. The summed E-state index contributed by atoms with van der Waals surface area (Å²) >= 11 is 0. The molecule has 3 aromatic rings. The zero-order chi connectivity index (χ0) is 15.6. The summed E-state index contributed by atoms with van der Waals surface area (Å²) < 4.78 is 0. The number of nitrogens with zero attached hydrogens (tertiary/aromatic N) is 4. The molecule has 1 N–H and O–H groups in total. The minimum Gasteiger partial charge on any atom is -0.358 e. The average Bonchev–Trinajstić information content (AvgIpc) is 2.96. The molecule has 6 heteroatoms. The molecule has 3 heterocycles. The highest BCUT2D eigenvalue weighted by molar-refractivity contribution is 6.00. The van der Waals surface area contributed by atoms with Gasteiger partial charge in [-0.15, -0.1) is 0 Å². The summed E-state index contributed by atoms with van der Waals surface area (Å²) in [7, 11) is 0. The topological polar surface area (TPSA) is 71.0 Å². The van der Waals surface area contributed by atoms with Crippen LogP contribution in [0.2, 0.25) is 0 Å². The maximum absolute atomic E-state index is 12.6. The Kier molecular flexibility index (Phi) is 3.34. The third-order valence-electron chi connectivity index (χ3n) is 3.93. The van der Waals surface area contributed by atoms with E-state index in [9.17, 15) is 4.79 Å². The SMILES string of the molecule is O=C1[C@H](Nc2ccc3nccnc3n2)CCN1c1ccccc1. The second kappa shape index (κ2) is 5.64. The molecule has 0 saturated carbocycles. The number of amides is 1. The number of anilines is 2. The van der Waals surface area contributed by atoms with Crippen molar-refractivity contribution in [2.24, 2.45) is 0 Å². The van der Waals surface area contributed by atoms with Gasteiger partial charge in [0.1, 0.15) is 17.4 Å². The van der Waals surface area contributed by atoms with Gasteiger partial charge in [-0.3, -0.25) is 9.78 Å². The van der Waals surface area contributed by atoms with E-state index in [4.69, 9.17) is 0 Å². The first-order valence-electron chi connectivity index (χ1n) is 7.52. The molecular formula is C17H15N5O. The van der Waals surface area contributed by atoms with Crippen LogP contribution in [0.15, 0.2) is 54.9 Å². The molecule has 0 radical (unpaired) electrons. The van der Waals surface area contributed by atoms with E-state index in [1.807, 2.05) is 42.5 Å². The number of aromatic nitrogens is 3. The highest BCUT2D eigenvalue weighted by atomic mass is 16.2. The van der Waals surface area contributed by atoms with Gasteiger partial charge >= 0.3 is 0 Å². The van der Waals surface area contributed by atoms with E-state index in [1.165, 1.54) is 0 Å². The van der Waals surface area contributed by atoms with Crippen molar-refractivity contribution >= 4 is 28.6 Å². The van der Waals surface area contributed by atoms with Gasteiger partial charge < -0.3 is 10.2 Å². The monoisotopic (exact) mass is 305 g/mol. The van der Waals surface area contributed by atoms with Gasteiger partial charge in [0.2, 0.25) is 5.91 Å². The number of nitrogens with one attached hydrogen (secondary N) is 1. The Morgan fingerprint density at radius 3 is 2.74 bits per heavy atom. The van der Waals surface area contributed by atoms with Crippen LogP contribution in [-0.2, 0) is 4.79 Å². The normalized spacial score (nSPS) is 17.7. The van der Waals surface area contributed by atoms with Crippen LogP contribution in [0.3, 0.4) is 0 Å². The number of hydrogen-bond acceptors (Lipinski definition) is 5. The summed E-state index contributed by atoms with van der Waals surface area (Å²) in [5.41, 5.74) is 2.24. The molecule has 1 aliphatic rings. The van der Waals surface area contributed by atoms with Crippen LogP contribution in [-0.4, -0.2) is 33.4 Å². The Labute approximate surface area is 133 Å². The molecule has 23 heavy (non-hydrogen) atoms. The largest absolute Gasteiger partial charge is 0.358 e. The molecule has 6 nitrogen and oxygen atoms in total. The number of rotatable bonds is 3. The first-order valence-corrected chi connectivity index (χ1v) is 7.52. The second-order valence-electron chi connectivity index (χ2n) is 5.41. The molecular weight excluding hydrogens is 290 g/mol. The molecule has 1 fully saturated rings. The third-order valence-corrected chi connectivity index (χ3v) is 3.93. The number of hydrogen-bond donors (Lipinski definition) is 1. The fraction of sp³-hybridized carbons (Fsp3) is 0.176. The highest BCUT2D eigenvalue weighted by Crippen LogP contribution is 2.23. The van der Waals surface area contributed by atoms with Crippen molar-refractivity contribution in [2.45, 2.75) is 12.5 Å². The Balaban J connectivity index is 1.53. The number of para-hydroxylation sites is 1. The van der Waals surface area contributed by atoms with Gasteiger partial charge in [-0.25, -0.2) is 9.97 Å². The quantitative estimate of drug-likeness (QED) is 0.803. The lowest BCUT2D eigenvalue weighted by atomic mass is 10.2. The van der Waals surface area contributed by atoms with E-state index in [2.05, 4.69) is 20.3 Å². The Bertz CT molecular complexity index is 852. The van der Waals surface area contributed by atoms with Crippen LogP contribution >= 0.6 is 0 Å². The summed E-state index contributed by atoms with van der Waals surface area (Å²) in [4.78, 5) is 27.2. The van der Waals surface area contributed by atoms with Gasteiger partial charge in [-0.05, 0) is 30.7 Å². The fourth-order valence-electron chi connectivity index (χ4n) is 2.79. The lowest BCUT2D eigenvalue weighted by Gasteiger charge is -2.17. The van der Waals surface area contributed by atoms with Crippen LogP contribution < -0.4 is 10.2 Å². The number of carbonyl (C=O) groups is 1. The van der Waals surface area contributed by atoms with Crippen molar-refractivity contribution in [1.82, 2.24) is 15.0 Å². The van der Waals surface area contributed by atoms with Crippen molar-refractivity contribution in [3.05, 3.63) is 54.9 Å². The van der Waals surface area contributed by atoms with Gasteiger partial charge in [0, 0.05) is 24.6 Å². The van der Waals surface area contributed by atoms with Gasteiger partial charge in [0.15, 0.2) is 5.65 Å². The van der Waals surface area contributed by atoms with E-state index >= 15 is 0 Å². The lowest BCUT2D eigenvalue weighted by molar-refractivity contribution is -0.117. The zero-order valence-electron chi connectivity index (χ0n) is 12.4. The van der Waals surface area contributed by atoms with Gasteiger partial charge in [-0.2, -0.15) is 0 Å². The van der Waals surface area contributed by atoms with Gasteiger partial charge in [0.25, 0.3) is 0 Å². The first kappa shape index (κ1) is 13.6. The molecule has 1 aliphatic heterocycles. The molecule has 0 aliphatic carbocycles. The molecule has 1 saturated heterocycles. The summed E-state index contributed by atoms with van der Waals surface area (Å²) in [5, 5.41) is 3.21. The fourth-order valence-corrected chi connectivity index (χ4v) is 2.79. The zero-order valence-corrected chi connectivity index (χ0v) is 12.4. The number of fused-ring (bicyclic) bond motifs is 1. The van der Waals surface area contributed by atoms with Gasteiger partial charge in [0.05, 0.1) is 0 Å². The van der Waals surface area contributed by atoms with Crippen LogP contribution in [0, 0.1) is 0 Å². The molecule has 2 aromatic heterocycles. The third kappa shape index (κ3) is 2.59. The average molecular weight is 305 g/mol. The first-order chi connectivity index (χ1) is 11.3. The van der Waals surface area contributed by atoms with Crippen LogP contribution in [0.1, 0.15) is 6.42 Å². The minimum atomic E-state index is -0.267. The van der Waals surface area contributed by atoms with Crippen molar-refractivity contribution < 1.29 is 4.79 Å². The predicted molar refractivity (Wildman–Crippen MR) is 88.2 cm³/mol. The van der Waals surface area contributed by atoms with E-state index in [-0.39, 0.29) is 11.9 Å². The minimum absolute atomic E-state index is 0.0669. The summed E-state index contributed by atoms with van der Waals surface area (Å²) in [6, 6.07) is 13.1. The second-order valence-corrected chi connectivity index (χ2v) is 5.41. The molecule has 0 spiro atoms. The van der Waals surface area contributed by atoms with Crippen LogP contribution in [0.25, 0.3) is 11.2 Å². The summed E-state index contributed by atoms with van der Waals surface area (Å²) in [5.74, 6) is 0.712. The van der Waals surface area contributed by atoms with Crippen LogP contribution in [0.5, 0.6) is 0 Å². The predicted octanol–water partition coefficient (Wildman–Crippen LogP) is 2.24.